The van der Waals surface area contributed by atoms with Gasteiger partial charge in [0.1, 0.15) is 0 Å². The van der Waals surface area contributed by atoms with E-state index in [4.69, 9.17) is 4.74 Å². The molecule has 2 fully saturated rings. The van der Waals surface area contributed by atoms with Crippen molar-refractivity contribution in [2.75, 3.05) is 26.0 Å². The summed E-state index contributed by atoms with van der Waals surface area (Å²) < 4.78 is 32.6. The molecule has 0 spiro atoms. The Morgan fingerprint density at radius 3 is 2.43 bits per heavy atom. The molecule has 164 valence electrons. The topological polar surface area (TPSA) is 87.7 Å². The Morgan fingerprint density at radius 2 is 1.86 bits per heavy atom. The number of rotatable bonds is 8. The van der Waals surface area contributed by atoms with E-state index in [0.717, 1.165) is 38.0 Å². The second kappa shape index (κ2) is 10.8. The van der Waals surface area contributed by atoms with Gasteiger partial charge >= 0.3 is 6.03 Å². The fraction of sp³-hybridized carbons (Fsp3) is 0.950. The second-order valence-corrected chi connectivity index (χ2v) is 10.5. The van der Waals surface area contributed by atoms with Gasteiger partial charge in [0.2, 0.25) is 10.0 Å². The summed E-state index contributed by atoms with van der Waals surface area (Å²) >= 11 is 0. The highest BCUT2D eigenvalue weighted by atomic mass is 32.2. The van der Waals surface area contributed by atoms with Crippen molar-refractivity contribution in [1.82, 2.24) is 14.9 Å². The number of nitrogens with one attached hydrogen (secondary N) is 2. The van der Waals surface area contributed by atoms with Crippen molar-refractivity contribution >= 4 is 16.1 Å². The van der Waals surface area contributed by atoms with E-state index in [1.54, 1.807) is 4.90 Å². The van der Waals surface area contributed by atoms with Crippen LogP contribution in [0.1, 0.15) is 65.7 Å². The molecule has 1 heterocycles. The Morgan fingerprint density at radius 1 is 1.18 bits per heavy atom. The second-order valence-electron chi connectivity index (χ2n) is 8.75. The largest absolute Gasteiger partial charge is 0.376 e. The molecule has 0 aromatic carbocycles. The number of nitrogens with zero attached hydrogens (tertiary/aromatic N) is 1. The molecule has 0 aromatic heterocycles. The first-order chi connectivity index (χ1) is 13.2. The average Bonchev–Trinajstić information content (AvgIpc) is 2.64. The van der Waals surface area contributed by atoms with Crippen LogP contribution in [0.5, 0.6) is 0 Å². The van der Waals surface area contributed by atoms with E-state index in [9.17, 15) is 13.2 Å². The van der Waals surface area contributed by atoms with Crippen LogP contribution >= 0.6 is 0 Å². The molecule has 2 rings (SSSR count). The smallest absolute Gasteiger partial charge is 0.317 e. The third-order valence-electron chi connectivity index (χ3n) is 6.10. The van der Waals surface area contributed by atoms with Gasteiger partial charge in [-0.3, -0.25) is 0 Å². The Bertz CT molecular complexity index is 588. The minimum atomic E-state index is -3.35. The minimum Gasteiger partial charge on any atom is -0.376 e. The molecule has 8 heteroatoms. The first kappa shape index (κ1) is 23.4. The molecule has 0 bridgehead atoms. The van der Waals surface area contributed by atoms with Crippen LogP contribution in [0.4, 0.5) is 4.79 Å². The van der Waals surface area contributed by atoms with Crippen LogP contribution < -0.4 is 10.0 Å². The van der Waals surface area contributed by atoms with Crippen molar-refractivity contribution in [1.29, 1.82) is 0 Å². The molecular formula is C20H39N3O4S. The molecule has 0 unspecified atom stereocenters. The number of hydrogen-bond donors (Lipinski definition) is 2. The lowest BCUT2D eigenvalue weighted by Gasteiger charge is -2.42. The van der Waals surface area contributed by atoms with Gasteiger partial charge in [-0.25, -0.2) is 17.9 Å². The van der Waals surface area contributed by atoms with Crippen LogP contribution in [0, 0.1) is 11.8 Å². The highest BCUT2D eigenvalue weighted by molar-refractivity contribution is 7.88. The van der Waals surface area contributed by atoms with E-state index >= 15 is 0 Å². The van der Waals surface area contributed by atoms with Crippen molar-refractivity contribution in [3.8, 4) is 0 Å². The number of amides is 2. The van der Waals surface area contributed by atoms with Crippen molar-refractivity contribution < 1.29 is 17.9 Å². The summed E-state index contributed by atoms with van der Waals surface area (Å²) in [6, 6.07) is -0.703. The SMILES string of the molecule is CCCNC(=O)N1CCC[C@H](NS(C)(=O)=O)[C@@H]1CO[C@H]1CC[C@@H](C(C)C)CC1. The van der Waals surface area contributed by atoms with E-state index in [-0.39, 0.29) is 24.2 Å². The maximum atomic E-state index is 12.6. The fourth-order valence-electron chi connectivity index (χ4n) is 4.42. The quantitative estimate of drug-likeness (QED) is 0.636. The molecule has 1 aliphatic carbocycles. The van der Waals surface area contributed by atoms with Gasteiger partial charge in [-0.05, 0) is 56.8 Å². The summed E-state index contributed by atoms with van der Waals surface area (Å²) in [4.78, 5) is 14.4. The van der Waals surface area contributed by atoms with E-state index in [1.165, 1.54) is 19.1 Å². The average molecular weight is 418 g/mol. The molecule has 1 saturated heterocycles. The zero-order valence-corrected chi connectivity index (χ0v) is 18.8. The van der Waals surface area contributed by atoms with Gasteiger partial charge in [-0.1, -0.05) is 20.8 Å². The Hall–Kier alpha value is -0.860. The first-order valence-electron chi connectivity index (χ1n) is 10.8. The number of likely N-dealkylation sites (tertiary alicyclic amines) is 1. The van der Waals surface area contributed by atoms with Crippen LogP contribution in [0.25, 0.3) is 0 Å². The lowest BCUT2D eigenvalue weighted by Crippen LogP contribution is -2.60. The summed E-state index contributed by atoms with van der Waals surface area (Å²) in [7, 11) is -3.35. The van der Waals surface area contributed by atoms with Gasteiger partial charge < -0.3 is 15.0 Å². The number of ether oxygens (including phenoxy) is 1. The number of carbonyl (C=O) groups excluding carboxylic acids is 1. The summed E-state index contributed by atoms with van der Waals surface area (Å²) in [6.45, 7) is 8.20. The zero-order chi connectivity index (χ0) is 20.7. The van der Waals surface area contributed by atoms with Crippen LogP contribution in [0.15, 0.2) is 0 Å². The Labute approximate surface area is 171 Å². The molecule has 28 heavy (non-hydrogen) atoms. The van der Waals surface area contributed by atoms with Crippen LogP contribution in [0.3, 0.4) is 0 Å². The highest BCUT2D eigenvalue weighted by Crippen LogP contribution is 2.31. The van der Waals surface area contributed by atoms with Gasteiger partial charge in [0, 0.05) is 19.1 Å². The molecule has 1 saturated carbocycles. The number of carbonyl (C=O) groups is 1. The van der Waals surface area contributed by atoms with Crippen molar-refractivity contribution in [3.05, 3.63) is 0 Å². The molecule has 0 radical (unpaired) electrons. The van der Waals surface area contributed by atoms with Crippen molar-refractivity contribution in [2.24, 2.45) is 11.8 Å². The van der Waals surface area contributed by atoms with Crippen LogP contribution in [-0.4, -0.2) is 63.5 Å². The number of urea groups is 1. The zero-order valence-electron chi connectivity index (χ0n) is 17.9. The molecule has 2 N–H and O–H groups in total. The summed E-state index contributed by atoms with van der Waals surface area (Å²) in [5, 5.41) is 2.93. The fourth-order valence-corrected chi connectivity index (χ4v) is 5.24. The third kappa shape index (κ3) is 7.19. The molecule has 2 amide bonds. The Kier molecular flexibility index (Phi) is 9.02. The standard InChI is InChI=1S/C20H39N3O4S/c1-5-12-21-20(24)23-13-6-7-18(22-28(4,25)26)19(23)14-27-17-10-8-16(9-11-17)15(2)3/h15-19,22H,5-14H2,1-4H3,(H,21,24)/t16-,17+,18-,19-/m0/s1. The number of piperidine rings is 1. The number of hydrogen-bond acceptors (Lipinski definition) is 4. The Balaban J connectivity index is 2.00. The maximum absolute atomic E-state index is 12.6. The van der Waals surface area contributed by atoms with E-state index in [0.29, 0.717) is 25.6 Å². The summed E-state index contributed by atoms with van der Waals surface area (Å²) in [6.07, 6.45) is 8.19. The highest BCUT2D eigenvalue weighted by Gasteiger charge is 2.36. The molecule has 2 atom stereocenters. The van der Waals surface area contributed by atoms with Gasteiger partial charge in [0.25, 0.3) is 0 Å². The van der Waals surface area contributed by atoms with Gasteiger partial charge in [0.05, 0.1) is 25.0 Å². The van der Waals surface area contributed by atoms with E-state index < -0.39 is 10.0 Å². The first-order valence-corrected chi connectivity index (χ1v) is 12.7. The molecular weight excluding hydrogens is 378 g/mol. The predicted octanol–water partition coefficient (Wildman–Crippen LogP) is 2.72. The molecule has 1 aliphatic heterocycles. The monoisotopic (exact) mass is 417 g/mol. The summed E-state index contributed by atoms with van der Waals surface area (Å²) in [5.41, 5.74) is 0. The van der Waals surface area contributed by atoms with Crippen LogP contribution in [0.2, 0.25) is 0 Å². The molecule has 7 nitrogen and oxygen atoms in total. The molecule has 0 aromatic rings. The maximum Gasteiger partial charge on any atom is 0.317 e. The van der Waals surface area contributed by atoms with Crippen molar-refractivity contribution in [2.45, 2.75) is 83.9 Å². The lowest BCUT2D eigenvalue weighted by molar-refractivity contribution is -0.0240. The summed E-state index contributed by atoms with van der Waals surface area (Å²) in [5.74, 6) is 1.48. The molecule has 2 aliphatic rings. The normalized spacial score (nSPS) is 29.1. The van der Waals surface area contributed by atoms with Crippen LogP contribution in [-0.2, 0) is 14.8 Å². The minimum absolute atomic E-state index is 0.126. The predicted molar refractivity (Wildman–Crippen MR) is 112 cm³/mol. The lowest BCUT2D eigenvalue weighted by atomic mass is 9.80. The number of sulfonamides is 1. The van der Waals surface area contributed by atoms with Gasteiger partial charge in [0.15, 0.2) is 0 Å². The third-order valence-corrected chi connectivity index (χ3v) is 6.83. The van der Waals surface area contributed by atoms with Crippen molar-refractivity contribution in [3.63, 3.8) is 0 Å². The van der Waals surface area contributed by atoms with E-state index in [1.807, 2.05) is 6.92 Å². The van der Waals surface area contributed by atoms with Gasteiger partial charge in [-0.15, -0.1) is 0 Å². The van der Waals surface area contributed by atoms with Gasteiger partial charge in [-0.2, -0.15) is 0 Å². The van der Waals surface area contributed by atoms with E-state index in [2.05, 4.69) is 23.9 Å².